The summed E-state index contributed by atoms with van der Waals surface area (Å²) in [7, 11) is -3.52. The molecule has 1 aromatic carbocycles. The summed E-state index contributed by atoms with van der Waals surface area (Å²) in [6.07, 6.45) is 1.69. The van der Waals surface area contributed by atoms with Crippen molar-refractivity contribution in [3.63, 3.8) is 0 Å². The number of hydrogen-bond acceptors (Lipinski definition) is 6. The largest absolute Gasteiger partial charge is 0.371 e. The number of anilines is 2. The van der Waals surface area contributed by atoms with E-state index in [1.54, 1.807) is 18.2 Å². The fourth-order valence-electron chi connectivity index (χ4n) is 3.39. The van der Waals surface area contributed by atoms with Crippen molar-refractivity contribution in [1.29, 1.82) is 0 Å². The van der Waals surface area contributed by atoms with E-state index in [2.05, 4.69) is 9.62 Å². The molecule has 0 aliphatic carbocycles. The minimum Gasteiger partial charge on any atom is -0.371 e. The molecule has 4 rings (SSSR count). The van der Waals surface area contributed by atoms with Crippen LogP contribution in [0, 0.1) is 6.92 Å². The Balaban J connectivity index is 1.41. The first-order valence-electron chi connectivity index (χ1n) is 8.68. The normalized spacial score (nSPS) is 19.8. The van der Waals surface area contributed by atoms with E-state index in [-0.39, 0.29) is 5.79 Å². The van der Waals surface area contributed by atoms with Crippen LogP contribution in [0.3, 0.4) is 0 Å². The molecule has 1 N–H and O–H groups in total. The maximum absolute atomic E-state index is 12.4. The number of ether oxygens (including phenoxy) is 2. The van der Waals surface area contributed by atoms with Crippen molar-refractivity contribution in [3.8, 4) is 0 Å². The lowest BCUT2D eigenvalue weighted by Gasteiger charge is -2.38. The Labute approximate surface area is 157 Å². The molecule has 140 valence electrons. The third kappa shape index (κ3) is 3.59. The van der Waals surface area contributed by atoms with Crippen LogP contribution < -0.4 is 9.62 Å². The maximum atomic E-state index is 12.4. The van der Waals surface area contributed by atoms with Gasteiger partial charge < -0.3 is 14.4 Å². The van der Waals surface area contributed by atoms with Gasteiger partial charge >= 0.3 is 0 Å². The van der Waals surface area contributed by atoms with Crippen molar-refractivity contribution < 1.29 is 17.9 Å². The lowest BCUT2D eigenvalue weighted by molar-refractivity contribution is -0.169. The summed E-state index contributed by atoms with van der Waals surface area (Å²) in [4.78, 5) is 3.25. The van der Waals surface area contributed by atoms with Gasteiger partial charge in [-0.25, -0.2) is 8.42 Å². The lowest BCUT2D eigenvalue weighted by Crippen LogP contribution is -2.45. The molecule has 1 spiro atoms. The van der Waals surface area contributed by atoms with Gasteiger partial charge in [0, 0.05) is 42.2 Å². The zero-order valence-corrected chi connectivity index (χ0v) is 16.2. The molecule has 0 bridgehead atoms. The molecule has 0 amide bonds. The monoisotopic (exact) mass is 394 g/mol. The zero-order chi connectivity index (χ0) is 18.2. The van der Waals surface area contributed by atoms with Crippen molar-refractivity contribution in [1.82, 2.24) is 0 Å². The lowest BCUT2D eigenvalue weighted by atomic mass is 10.0. The number of aryl methyl sites for hydroxylation is 1. The van der Waals surface area contributed by atoms with Crippen molar-refractivity contribution in [3.05, 3.63) is 41.3 Å². The van der Waals surface area contributed by atoms with Gasteiger partial charge in [-0.3, -0.25) is 4.72 Å². The number of rotatable bonds is 4. The Hall–Kier alpha value is -1.61. The molecule has 2 aromatic rings. The van der Waals surface area contributed by atoms with Crippen molar-refractivity contribution >= 4 is 32.7 Å². The number of piperidine rings is 1. The molecule has 0 radical (unpaired) electrons. The first kappa shape index (κ1) is 17.8. The number of nitrogens with one attached hydrogen (secondary N) is 1. The second kappa shape index (κ2) is 6.84. The first-order chi connectivity index (χ1) is 12.5. The molecule has 2 fully saturated rings. The molecular formula is C18H22N2O4S2. The van der Waals surface area contributed by atoms with Crippen LogP contribution in [0.25, 0.3) is 0 Å². The number of thiophene rings is 1. The Morgan fingerprint density at radius 2 is 1.69 bits per heavy atom. The minimum absolute atomic E-state index is 0.331. The van der Waals surface area contributed by atoms with Crippen molar-refractivity contribution in [2.45, 2.75) is 29.8 Å². The summed E-state index contributed by atoms with van der Waals surface area (Å²) in [5.41, 5.74) is 1.64. The fraction of sp³-hybridized carbons (Fsp3) is 0.444. The van der Waals surface area contributed by atoms with E-state index >= 15 is 0 Å². The summed E-state index contributed by atoms with van der Waals surface area (Å²) in [6.45, 7) is 4.97. The fourth-order valence-corrected chi connectivity index (χ4v) is 5.74. The maximum Gasteiger partial charge on any atom is 0.271 e. The number of nitrogens with zero attached hydrogens (tertiary/aromatic N) is 1. The summed E-state index contributed by atoms with van der Waals surface area (Å²) >= 11 is 1.27. The van der Waals surface area contributed by atoms with Gasteiger partial charge in [-0.15, -0.1) is 11.3 Å². The van der Waals surface area contributed by atoms with E-state index in [0.29, 0.717) is 23.1 Å². The summed E-state index contributed by atoms with van der Waals surface area (Å²) < 4.78 is 39.3. The summed E-state index contributed by atoms with van der Waals surface area (Å²) in [5, 5.41) is 0. The predicted octanol–water partition coefficient (Wildman–Crippen LogP) is 3.20. The van der Waals surface area contributed by atoms with E-state index in [0.717, 1.165) is 36.5 Å². The Kier molecular flexibility index (Phi) is 4.68. The third-order valence-electron chi connectivity index (χ3n) is 4.80. The van der Waals surface area contributed by atoms with Gasteiger partial charge in [0.2, 0.25) is 0 Å². The highest BCUT2D eigenvalue weighted by Gasteiger charge is 2.39. The van der Waals surface area contributed by atoms with E-state index in [1.165, 1.54) is 11.3 Å². The molecule has 6 nitrogen and oxygen atoms in total. The second-order valence-electron chi connectivity index (χ2n) is 6.61. The van der Waals surface area contributed by atoms with Crippen LogP contribution in [0.4, 0.5) is 11.4 Å². The molecule has 2 aliphatic heterocycles. The van der Waals surface area contributed by atoms with Crippen LogP contribution in [0.2, 0.25) is 0 Å². The molecule has 0 unspecified atom stereocenters. The molecule has 26 heavy (non-hydrogen) atoms. The topological polar surface area (TPSA) is 67.9 Å². The third-order valence-corrected chi connectivity index (χ3v) is 7.68. The average Bonchev–Trinajstić information content (AvgIpc) is 3.26. The molecule has 3 heterocycles. The highest BCUT2D eigenvalue weighted by Crippen LogP contribution is 2.33. The summed E-state index contributed by atoms with van der Waals surface area (Å²) in [6, 6.07) is 11.0. The first-order valence-corrected chi connectivity index (χ1v) is 11.0. The van der Waals surface area contributed by atoms with E-state index in [9.17, 15) is 8.42 Å². The Morgan fingerprint density at radius 3 is 2.27 bits per heavy atom. The molecule has 0 atom stereocenters. The quantitative estimate of drug-likeness (QED) is 0.863. The van der Waals surface area contributed by atoms with E-state index < -0.39 is 10.0 Å². The molecular weight excluding hydrogens is 372 g/mol. The van der Waals surface area contributed by atoms with Gasteiger partial charge in [-0.2, -0.15) is 0 Å². The Morgan fingerprint density at radius 1 is 1.04 bits per heavy atom. The van der Waals surface area contributed by atoms with E-state index in [4.69, 9.17) is 9.47 Å². The van der Waals surface area contributed by atoms with Crippen LogP contribution in [-0.2, 0) is 19.5 Å². The van der Waals surface area contributed by atoms with Crippen LogP contribution in [0.5, 0.6) is 0 Å². The predicted molar refractivity (Wildman–Crippen MR) is 102 cm³/mol. The van der Waals surface area contributed by atoms with Crippen LogP contribution in [-0.4, -0.2) is 40.5 Å². The van der Waals surface area contributed by atoms with Gasteiger partial charge in [-0.1, -0.05) is 0 Å². The second-order valence-corrected chi connectivity index (χ2v) is 9.81. The molecule has 2 saturated heterocycles. The SMILES string of the molecule is Cc1ccc(S(=O)(=O)Nc2ccc(N3CCC4(CC3)OCCO4)cc2)s1. The summed E-state index contributed by atoms with van der Waals surface area (Å²) in [5.74, 6) is -0.384. The standard InChI is InChI=1S/C18H22N2O4S2/c1-14-2-7-17(25-14)26(21,22)19-15-3-5-16(6-4-15)20-10-8-18(9-11-20)23-12-13-24-18/h2-7,19H,8-13H2,1H3. The van der Waals surface area contributed by atoms with Crippen LogP contribution in [0.1, 0.15) is 17.7 Å². The number of benzene rings is 1. The minimum atomic E-state index is -3.52. The highest BCUT2D eigenvalue weighted by molar-refractivity contribution is 7.94. The van der Waals surface area contributed by atoms with Crippen molar-refractivity contribution in [2.24, 2.45) is 0 Å². The zero-order valence-electron chi connectivity index (χ0n) is 14.6. The van der Waals surface area contributed by atoms with E-state index in [1.807, 2.05) is 25.1 Å². The van der Waals surface area contributed by atoms with Crippen molar-refractivity contribution in [2.75, 3.05) is 35.9 Å². The molecule has 8 heteroatoms. The average molecular weight is 395 g/mol. The molecule has 0 saturated carbocycles. The number of sulfonamides is 1. The molecule has 1 aromatic heterocycles. The smallest absolute Gasteiger partial charge is 0.271 e. The Bertz CT molecular complexity index is 861. The van der Waals surface area contributed by atoms with Gasteiger partial charge in [-0.05, 0) is 43.3 Å². The van der Waals surface area contributed by atoms with Crippen LogP contribution >= 0.6 is 11.3 Å². The van der Waals surface area contributed by atoms with Crippen LogP contribution in [0.15, 0.2) is 40.6 Å². The van der Waals surface area contributed by atoms with Gasteiger partial charge in [0.1, 0.15) is 4.21 Å². The van der Waals surface area contributed by atoms with Gasteiger partial charge in [0.25, 0.3) is 10.0 Å². The van der Waals surface area contributed by atoms with Gasteiger partial charge in [0.15, 0.2) is 5.79 Å². The molecule has 2 aliphatic rings. The van der Waals surface area contributed by atoms with Gasteiger partial charge in [0.05, 0.1) is 13.2 Å². The highest BCUT2D eigenvalue weighted by atomic mass is 32.2. The number of hydrogen-bond donors (Lipinski definition) is 1.